The Hall–Kier alpha value is -2.54. The fraction of sp³-hybridized carbons (Fsp3) is 0.176. The molecule has 0 fully saturated rings. The van der Waals surface area contributed by atoms with Gasteiger partial charge < -0.3 is 10.1 Å². The molecule has 2 aromatic carbocycles. The number of amides is 1. The van der Waals surface area contributed by atoms with Gasteiger partial charge in [0.2, 0.25) is 5.91 Å². The minimum Gasteiger partial charge on any atom is -0.494 e. The summed E-state index contributed by atoms with van der Waals surface area (Å²) in [4.78, 5) is 18.4. The van der Waals surface area contributed by atoms with E-state index in [2.05, 4.69) is 15.3 Å². The van der Waals surface area contributed by atoms with Gasteiger partial charge in [-0.3, -0.25) is 4.79 Å². The summed E-state index contributed by atoms with van der Waals surface area (Å²) in [6.07, 6.45) is 0. The van der Waals surface area contributed by atoms with Crippen molar-refractivity contribution in [2.24, 2.45) is 0 Å². The molecule has 1 amide bonds. The number of fused-ring (bicyclic) bond motifs is 1. The normalized spacial score (nSPS) is 10.8. The van der Waals surface area contributed by atoms with Crippen LogP contribution in [0.5, 0.6) is 5.75 Å². The van der Waals surface area contributed by atoms with Gasteiger partial charge in [-0.2, -0.15) is 0 Å². The number of ether oxygens (including phenoxy) is 1. The van der Waals surface area contributed by atoms with E-state index in [1.165, 1.54) is 36.0 Å². The van der Waals surface area contributed by atoms with E-state index in [-0.39, 0.29) is 17.5 Å². The van der Waals surface area contributed by atoms with Crippen LogP contribution in [0, 0.1) is 5.82 Å². The van der Waals surface area contributed by atoms with E-state index >= 15 is 0 Å². The third-order valence-corrected chi connectivity index (χ3v) is 4.17. The molecule has 1 heterocycles. The molecule has 0 radical (unpaired) electrons. The Morgan fingerprint density at radius 1 is 1.29 bits per heavy atom. The van der Waals surface area contributed by atoms with Crippen molar-refractivity contribution in [1.82, 2.24) is 4.98 Å². The zero-order valence-corrected chi connectivity index (χ0v) is 13.9. The number of halogens is 1. The Morgan fingerprint density at radius 2 is 2.08 bits per heavy atom. The molecule has 0 atom stereocenters. The first-order valence-corrected chi connectivity index (χ1v) is 8.48. The first-order chi connectivity index (χ1) is 11.6. The SMILES string of the molecule is CCOc1ccc2[nH+]c(SCC(=O)Nc3ccc(F)cc3)[nH]c2c1. The fourth-order valence-corrected chi connectivity index (χ4v) is 2.92. The molecule has 5 nitrogen and oxygen atoms in total. The third kappa shape index (κ3) is 4.05. The second-order valence-electron chi connectivity index (χ2n) is 5.06. The second kappa shape index (κ2) is 7.35. The summed E-state index contributed by atoms with van der Waals surface area (Å²) in [6, 6.07) is 11.4. The fourth-order valence-electron chi connectivity index (χ4n) is 2.21. The quantitative estimate of drug-likeness (QED) is 0.673. The van der Waals surface area contributed by atoms with E-state index in [0.29, 0.717) is 12.3 Å². The van der Waals surface area contributed by atoms with Gasteiger partial charge in [-0.1, -0.05) is 0 Å². The van der Waals surface area contributed by atoms with E-state index in [9.17, 15) is 9.18 Å². The van der Waals surface area contributed by atoms with Crippen LogP contribution in [0.25, 0.3) is 11.0 Å². The standard InChI is InChI=1S/C17H16FN3O2S/c1-2-23-13-7-8-14-15(9-13)21-17(20-14)24-10-16(22)19-12-5-3-11(18)4-6-12/h3-9H,2,10H2,1H3,(H,19,22)(H,20,21)/p+1. The highest BCUT2D eigenvalue weighted by atomic mass is 32.2. The van der Waals surface area contributed by atoms with E-state index in [4.69, 9.17) is 4.74 Å². The van der Waals surface area contributed by atoms with Gasteiger partial charge in [-0.25, -0.2) is 14.4 Å². The molecule has 0 aliphatic rings. The summed E-state index contributed by atoms with van der Waals surface area (Å²) < 4.78 is 18.3. The highest BCUT2D eigenvalue weighted by Gasteiger charge is 2.13. The van der Waals surface area contributed by atoms with Gasteiger partial charge >= 0.3 is 5.16 Å². The first-order valence-electron chi connectivity index (χ1n) is 7.50. The number of benzene rings is 2. The van der Waals surface area contributed by atoms with Gasteiger partial charge in [0.05, 0.1) is 12.4 Å². The molecule has 3 N–H and O–H groups in total. The van der Waals surface area contributed by atoms with Gasteiger partial charge in [0, 0.05) is 11.8 Å². The summed E-state index contributed by atoms with van der Waals surface area (Å²) in [7, 11) is 0. The molecule has 3 aromatic rings. The molecule has 0 saturated carbocycles. The van der Waals surface area contributed by atoms with Crippen LogP contribution < -0.4 is 15.0 Å². The molecular formula is C17H17FN3O2S+. The maximum Gasteiger partial charge on any atom is 0.315 e. The molecular weight excluding hydrogens is 329 g/mol. The Labute approximate surface area is 142 Å². The van der Waals surface area contributed by atoms with Crippen molar-refractivity contribution in [2.75, 3.05) is 17.7 Å². The van der Waals surface area contributed by atoms with Crippen LogP contribution >= 0.6 is 11.8 Å². The van der Waals surface area contributed by atoms with Crippen molar-refractivity contribution < 1.29 is 18.9 Å². The number of aromatic nitrogens is 2. The third-order valence-electron chi connectivity index (χ3n) is 3.27. The summed E-state index contributed by atoms with van der Waals surface area (Å²) in [6.45, 7) is 2.55. The molecule has 0 saturated heterocycles. The summed E-state index contributed by atoms with van der Waals surface area (Å²) >= 11 is 1.36. The van der Waals surface area contributed by atoms with Crippen LogP contribution in [-0.2, 0) is 4.79 Å². The van der Waals surface area contributed by atoms with Crippen LogP contribution in [0.3, 0.4) is 0 Å². The smallest absolute Gasteiger partial charge is 0.315 e. The Kier molecular flexibility index (Phi) is 5.00. The molecule has 0 unspecified atom stereocenters. The number of hydrogen-bond donors (Lipinski definition) is 2. The molecule has 24 heavy (non-hydrogen) atoms. The lowest BCUT2D eigenvalue weighted by atomic mass is 10.3. The molecule has 0 aliphatic heterocycles. The van der Waals surface area contributed by atoms with Gasteiger partial charge in [-0.15, -0.1) is 0 Å². The summed E-state index contributed by atoms with van der Waals surface area (Å²) in [5.74, 6) is 0.542. The van der Waals surface area contributed by atoms with E-state index in [1.54, 1.807) is 0 Å². The lowest BCUT2D eigenvalue weighted by Crippen LogP contribution is -2.15. The maximum absolute atomic E-state index is 12.8. The number of aromatic amines is 2. The topological polar surface area (TPSA) is 68.3 Å². The van der Waals surface area contributed by atoms with Crippen molar-refractivity contribution >= 4 is 34.4 Å². The van der Waals surface area contributed by atoms with Crippen LogP contribution in [-0.4, -0.2) is 23.3 Å². The summed E-state index contributed by atoms with van der Waals surface area (Å²) in [5, 5.41) is 3.51. The zero-order valence-electron chi connectivity index (χ0n) is 13.1. The number of thioether (sulfide) groups is 1. The Bertz CT molecular complexity index is 849. The van der Waals surface area contributed by atoms with E-state index in [0.717, 1.165) is 21.9 Å². The molecule has 0 aliphatic carbocycles. The Balaban J connectivity index is 1.60. The number of nitrogens with one attached hydrogen (secondary N) is 3. The minimum atomic E-state index is -0.332. The number of imidazole rings is 1. The van der Waals surface area contributed by atoms with E-state index < -0.39 is 0 Å². The van der Waals surface area contributed by atoms with Gasteiger partial charge in [-0.05, 0) is 55.1 Å². The van der Waals surface area contributed by atoms with Crippen molar-refractivity contribution in [3.63, 3.8) is 0 Å². The van der Waals surface area contributed by atoms with Crippen LogP contribution in [0.1, 0.15) is 6.92 Å². The van der Waals surface area contributed by atoms with Crippen LogP contribution in [0.15, 0.2) is 47.6 Å². The average Bonchev–Trinajstić information content (AvgIpc) is 2.98. The number of hydrogen-bond acceptors (Lipinski definition) is 3. The van der Waals surface area contributed by atoms with Crippen molar-refractivity contribution in [3.8, 4) is 5.75 Å². The first kappa shape index (κ1) is 16.3. The highest BCUT2D eigenvalue weighted by molar-refractivity contribution is 7.99. The largest absolute Gasteiger partial charge is 0.494 e. The zero-order chi connectivity index (χ0) is 16.9. The number of carbonyl (C=O) groups excluding carboxylic acids is 1. The molecule has 1 aromatic heterocycles. The average molecular weight is 346 g/mol. The van der Waals surface area contributed by atoms with Gasteiger partial charge in [0.1, 0.15) is 11.6 Å². The van der Waals surface area contributed by atoms with E-state index in [1.807, 2.05) is 25.1 Å². The highest BCUT2D eigenvalue weighted by Crippen LogP contribution is 2.20. The van der Waals surface area contributed by atoms with Gasteiger partial charge in [0.25, 0.3) is 0 Å². The number of rotatable bonds is 6. The number of anilines is 1. The predicted molar refractivity (Wildman–Crippen MR) is 91.8 cm³/mol. The van der Waals surface area contributed by atoms with Gasteiger partial charge in [0.15, 0.2) is 11.0 Å². The predicted octanol–water partition coefficient (Wildman–Crippen LogP) is 3.25. The minimum absolute atomic E-state index is 0.159. The maximum atomic E-state index is 12.8. The van der Waals surface area contributed by atoms with Crippen molar-refractivity contribution in [1.29, 1.82) is 0 Å². The monoisotopic (exact) mass is 346 g/mol. The molecule has 3 rings (SSSR count). The second-order valence-corrected chi connectivity index (χ2v) is 6.05. The molecule has 0 spiro atoms. The Morgan fingerprint density at radius 3 is 2.83 bits per heavy atom. The molecule has 7 heteroatoms. The van der Waals surface area contributed by atoms with Crippen molar-refractivity contribution in [3.05, 3.63) is 48.3 Å². The van der Waals surface area contributed by atoms with Crippen LogP contribution in [0.2, 0.25) is 0 Å². The molecule has 0 bridgehead atoms. The lowest BCUT2D eigenvalue weighted by Gasteiger charge is -2.02. The van der Waals surface area contributed by atoms with Crippen molar-refractivity contribution in [2.45, 2.75) is 12.1 Å². The number of H-pyrrole nitrogens is 2. The molecule has 124 valence electrons. The van der Waals surface area contributed by atoms with Crippen LogP contribution in [0.4, 0.5) is 10.1 Å². The lowest BCUT2D eigenvalue weighted by molar-refractivity contribution is -0.396. The number of carbonyl (C=O) groups is 1. The summed E-state index contributed by atoms with van der Waals surface area (Å²) in [5.41, 5.74) is 2.44.